The summed E-state index contributed by atoms with van der Waals surface area (Å²) >= 11 is 0. The molecular formula is C44H46BN3. The lowest BCUT2D eigenvalue weighted by atomic mass is 9.36. The molecule has 0 amide bonds. The number of benzene rings is 3. The van der Waals surface area contributed by atoms with Gasteiger partial charge in [-0.3, -0.25) is 15.0 Å². The minimum absolute atomic E-state index is 0.254. The molecule has 0 saturated heterocycles. The highest BCUT2D eigenvalue weighted by atomic mass is 14.6. The van der Waals surface area contributed by atoms with Crippen molar-refractivity contribution in [2.24, 2.45) is 0 Å². The van der Waals surface area contributed by atoms with Crippen molar-refractivity contribution in [1.82, 2.24) is 15.0 Å². The molecule has 0 aliphatic carbocycles. The summed E-state index contributed by atoms with van der Waals surface area (Å²) in [6.07, 6.45) is 13.5. The third-order valence-corrected chi connectivity index (χ3v) is 10.5. The first-order chi connectivity index (χ1) is 23.1. The Hall–Kier alpha value is -4.83. The van der Waals surface area contributed by atoms with Crippen molar-refractivity contribution in [2.45, 2.75) is 75.0 Å². The van der Waals surface area contributed by atoms with Crippen LogP contribution >= 0.6 is 0 Å². The van der Waals surface area contributed by atoms with Crippen LogP contribution in [0.2, 0.25) is 0 Å². The van der Waals surface area contributed by atoms with E-state index < -0.39 is 0 Å². The van der Waals surface area contributed by atoms with Gasteiger partial charge in [-0.2, -0.15) is 0 Å². The van der Waals surface area contributed by atoms with E-state index >= 15 is 0 Å². The Morgan fingerprint density at radius 1 is 0.438 bits per heavy atom. The highest BCUT2D eigenvalue weighted by Gasteiger charge is 2.28. The van der Waals surface area contributed by atoms with Gasteiger partial charge in [0.1, 0.15) is 0 Å². The Bertz CT molecular complexity index is 2000. The van der Waals surface area contributed by atoms with E-state index in [2.05, 4.69) is 114 Å². The molecule has 0 aliphatic rings. The van der Waals surface area contributed by atoms with E-state index in [-0.39, 0.29) is 6.71 Å². The Balaban J connectivity index is 1.58. The normalized spacial score (nSPS) is 11.2. The van der Waals surface area contributed by atoms with E-state index in [1.165, 1.54) is 100 Å². The van der Waals surface area contributed by atoms with Crippen molar-refractivity contribution in [3.63, 3.8) is 0 Å². The summed E-state index contributed by atoms with van der Waals surface area (Å²) < 4.78 is 0. The van der Waals surface area contributed by atoms with E-state index in [0.717, 1.165) is 12.6 Å². The molecule has 0 bridgehead atoms. The number of hydrogen-bond acceptors (Lipinski definition) is 3. The highest BCUT2D eigenvalue weighted by molar-refractivity contribution is 6.73. The molecule has 3 nitrogen and oxygen atoms in total. The molecule has 0 aliphatic heterocycles. The van der Waals surface area contributed by atoms with Crippen molar-refractivity contribution in [3.8, 4) is 33.4 Å². The highest BCUT2D eigenvalue weighted by Crippen LogP contribution is 2.35. The first kappa shape index (κ1) is 33.1. The molecule has 0 N–H and O–H groups in total. The van der Waals surface area contributed by atoms with Crippen LogP contribution in [-0.4, -0.2) is 21.7 Å². The van der Waals surface area contributed by atoms with Gasteiger partial charge >= 0.3 is 0 Å². The Morgan fingerprint density at radius 3 is 1.15 bits per heavy atom. The number of nitrogens with zero attached hydrogens (tertiary/aromatic N) is 3. The molecule has 0 atom stereocenters. The van der Waals surface area contributed by atoms with Gasteiger partial charge in [-0.15, -0.1) is 0 Å². The average Bonchev–Trinajstić information content (AvgIpc) is 3.05. The number of hydrogen-bond donors (Lipinski definition) is 0. The van der Waals surface area contributed by atoms with Gasteiger partial charge < -0.3 is 0 Å². The molecular weight excluding hydrogens is 581 g/mol. The maximum absolute atomic E-state index is 4.51. The molecule has 6 rings (SSSR count). The zero-order valence-electron chi connectivity index (χ0n) is 30.0. The molecule has 4 heteroatoms. The standard InChI is InChI=1S/C44H46BN3/c1-27-19-29(3)41(36-13-10-16-46-24-36)33(7)39(27)22-45(44-32(6)21-31(5)43(35(44)9)38-15-12-18-48-26-38)23-40-28(2)20-30(4)42(34(40)8)37-14-11-17-47-25-37/h10-21,24-26H,22-23H2,1-9H3. The van der Waals surface area contributed by atoms with Gasteiger partial charge in [-0.1, -0.05) is 47.4 Å². The second-order valence-electron chi connectivity index (χ2n) is 13.7. The summed E-state index contributed by atoms with van der Waals surface area (Å²) in [6.45, 7) is 20.8. The van der Waals surface area contributed by atoms with Crippen LogP contribution in [0.5, 0.6) is 0 Å². The van der Waals surface area contributed by atoms with Crippen molar-refractivity contribution < 1.29 is 0 Å². The lowest BCUT2D eigenvalue weighted by Gasteiger charge is -2.27. The van der Waals surface area contributed by atoms with Crippen molar-refractivity contribution in [3.05, 3.63) is 153 Å². The molecule has 0 unspecified atom stereocenters. The van der Waals surface area contributed by atoms with E-state index in [4.69, 9.17) is 0 Å². The summed E-state index contributed by atoms with van der Waals surface area (Å²) in [5.74, 6) is 0. The van der Waals surface area contributed by atoms with Crippen LogP contribution < -0.4 is 5.46 Å². The van der Waals surface area contributed by atoms with Gasteiger partial charge in [0.05, 0.1) is 0 Å². The van der Waals surface area contributed by atoms with Gasteiger partial charge in [0.2, 0.25) is 0 Å². The van der Waals surface area contributed by atoms with Crippen molar-refractivity contribution >= 4 is 12.2 Å². The molecule has 0 saturated carbocycles. The van der Waals surface area contributed by atoms with Crippen LogP contribution in [0.25, 0.3) is 33.4 Å². The molecule has 0 spiro atoms. The van der Waals surface area contributed by atoms with Crippen LogP contribution in [0.3, 0.4) is 0 Å². The van der Waals surface area contributed by atoms with Crippen LogP contribution in [-0.2, 0) is 12.6 Å². The quantitative estimate of drug-likeness (QED) is 0.158. The molecule has 3 heterocycles. The van der Waals surface area contributed by atoms with E-state index in [0.29, 0.717) is 0 Å². The van der Waals surface area contributed by atoms with Gasteiger partial charge in [-0.25, -0.2) is 0 Å². The van der Waals surface area contributed by atoms with Gasteiger partial charge in [0.15, 0.2) is 6.71 Å². The maximum atomic E-state index is 4.51. The van der Waals surface area contributed by atoms with Crippen molar-refractivity contribution in [1.29, 1.82) is 0 Å². The maximum Gasteiger partial charge on any atom is 0.185 e. The van der Waals surface area contributed by atoms with Gasteiger partial charge in [0, 0.05) is 53.9 Å². The summed E-state index contributed by atoms with van der Waals surface area (Å²) in [4.78, 5) is 13.5. The van der Waals surface area contributed by atoms with Crippen molar-refractivity contribution in [2.75, 3.05) is 0 Å². The average molecular weight is 628 g/mol. The predicted molar refractivity (Wildman–Crippen MR) is 204 cm³/mol. The minimum atomic E-state index is 0.254. The molecule has 240 valence electrons. The fraction of sp³-hybridized carbons (Fsp3) is 0.250. The molecule has 3 aromatic carbocycles. The predicted octanol–water partition coefficient (Wildman–Crippen LogP) is 9.91. The minimum Gasteiger partial charge on any atom is -0.264 e. The number of rotatable bonds is 8. The van der Waals surface area contributed by atoms with Gasteiger partial charge in [0.25, 0.3) is 0 Å². The lowest BCUT2D eigenvalue weighted by Crippen LogP contribution is -2.40. The second kappa shape index (κ2) is 13.7. The summed E-state index contributed by atoms with van der Waals surface area (Å²) in [7, 11) is 0. The number of aryl methyl sites for hydroxylation is 6. The second-order valence-corrected chi connectivity index (χ2v) is 13.7. The monoisotopic (exact) mass is 627 g/mol. The van der Waals surface area contributed by atoms with Gasteiger partial charge in [-0.05, 0) is 165 Å². The Morgan fingerprint density at radius 2 is 0.792 bits per heavy atom. The summed E-state index contributed by atoms with van der Waals surface area (Å²) in [6, 6.07) is 19.8. The third kappa shape index (κ3) is 6.24. The Labute approximate surface area is 287 Å². The third-order valence-electron chi connectivity index (χ3n) is 10.5. The molecule has 6 aromatic rings. The molecule has 48 heavy (non-hydrogen) atoms. The molecule has 3 aromatic heterocycles. The molecule has 0 radical (unpaired) electrons. The van der Waals surface area contributed by atoms with Crippen LogP contribution in [0.1, 0.15) is 61.2 Å². The zero-order chi connectivity index (χ0) is 34.1. The zero-order valence-corrected chi connectivity index (χ0v) is 30.0. The van der Waals surface area contributed by atoms with E-state index in [1.807, 2.05) is 55.4 Å². The largest absolute Gasteiger partial charge is 0.264 e. The first-order valence-corrected chi connectivity index (χ1v) is 17.1. The SMILES string of the molecule is Cc1cc(C)c(-c2cccnc2)c(C)c1CB(Cc1c(C)cc(C)c(-c2cccnc2)c1C)c1c(C)cc(C)c(-c2cccnc2)c1C. The first-order valence-electron chi connectivity index (χ1n) is 17.1. The van der Waals surface area contributed by atoms with E-state index in [1.54, 1.807) is 0 Å². The number of pyridine rings is 3. The van der Waals surface area contributed by atoms with Crippen LogP contribution in [0.4, 0.5) is 0 Å². The van der Waals surface area contributed by atoms with E-state index in [9.17, 15) is 0 Å². The summed E-state index contributed by atoms with van der Waals surface area (Å²) in [5, 5.41) is 0. The molecule has 0 fully saturated rings. The fourth-order valence-electron chi connectivity index (χ4n) is 8.54. The Kier molecular flexibility index (Phi) is 9.46. The lowest BCUT2D eigenvalue weighted by molar-refractivity contribution is 1.14. The summed E-state index contributed by atoms with van der Waals surface area (Å²) in [5.41, 5.74) is 23.8. The van der Waals surface area contributed by atoms with Crippen LogP contribution in [0, 0.1) is 62.3 Å². The number of aromatic nitrogens is 3. The fourth-order valence-corrected chi connectivity index (χ4v) is 8.54. The topological polar surface area (TPSA) is 38.7 Å². The van der Waals surface area contributed by atoms with Crippen LogP contribution in [0.15, 0.2) is 91.8 Å². The smallest absolute Gasteiger partial charge is 0.185 e.